The predicted octanol–water partition coefficient (Wildman–Crippen LogP) is 3.26. The molecule has 0 bridgehead atoms. The summed E-state index contributed by atoms with van der Waals surface area (Å²) in [7, 11) is 0. The number of hydrogen-bond donors (Lipinski definition) is 2. The van der Waals surface area contributed by atoms with Crippen molar-refractivity contribution in [3.8, 4) is 12.1 Å². The van der Waals surface area contributed by atoms with Crippen molar-refractivity contribution in [3.63, 3.8) is 0 Å². The molecule has 0 spiro atoms. The second-order valence-electron chi connectivity index (χ2n) is 4.92. The number of nitriles is 2. The van der Waals surface area contributed by atoms with Crippen LogP contribution in [0.15, 0.2) is 71.0 Å². The topological polar surface area (TPSA) is 113 Å². The molecule has 0 aliphatic heterocycles. The Hall–Kier alpha value is -3.64. The number of nitrogens with zero attached hydrogens (tertiary/aromatic N) is 4. The minimum atomic E-state index is -0.971. The van der Waals surface area contributed by atoms with E-state index >= 15 is 0 Å². The van der Waals surface area contributed by atoms with E-state index < -0.39 is 11.8 Å². The van der Waals surface area contributed by atoms with Gasteiger partial charge < -0.3 is 10.4 Å². The van der Waals surface area contributed by atoms with Gasteiger partial charge in [-0.05, 0) is 11.1 Å². The molecule has 0 aliphatic rings. The summed E-state index contributed by atoms with van der Waals surface area (Å²) in [6, 6.07) is 21.3. The van der Waals surface area contributed by atoms with Gasteiger partial charge in [-0.3, -0.25) is 0 Å². The van der Waals surface area contributed by atoms with Gasteiger partial charge in [-0.15, -0.1) is 0 Å². The molecule has 2 unspecified atom stereocenters. The second kappa shape index (κ2) is 8.11. The summed E-state index contributed by atoms with van der Waals surface area (Å²) < 4.78 is 0. The molecule has 0 amide bonds. The van der Waals surface area contributed by atoms with E-state index in [1.807, 2.05) is 12.1 Å². The first-order valence-electron chi connectivity index (χ1n) is 7.10. The standard InChI is InChI=1S/C18H14N4O2/c19-11-15(13-7-3-1-4-8-13)17(21-23)18(22-24)16(12-20)14-9-5-2-6-10-14/h1-10,15-16,23-24H/b21-17-,22-18-. The van der Waals surface area contributed by atoms with Crippen LogP contribution in [0.3, 0.4) is 0 Å². The van der Waals surface area contributed by atoms with Crippen LogP contribution in [0.1, 0.15) is 23.0 Å². The number of hydrogen-bond acceptors (Lipinski definition) is 6. The van der Waals surface area contributed by atoms with Crippen molar-refractivity contribution < 1.29 is 10.4 Å². The predicted molar refractivity (Wildman–Crippen MR) is 88.0 cm³/mol. The van der Waals surface area contributed by atoms with Crippen molar-refractivity contribution in [2.24, 2.45) is 10.3 Å². The zero-order chi connectivity index (χ0) is 17.4. The van der Waals surface area contributed by atoms with Crippen molar-refractivity contribution in [1.82, 2.24) is 0 Å². The van der Waals surface area contributed by atoms with Gasteiger partial charge in [0.2, 0.25) is 0 Å². The SMILES string of the molecule is N#CC(C(=N/O)/C(=N\O)C(C#N)c1ccccc1)c1ccccc1. The van der Waals surface area contributed by atoms with Crippen molar-refractivity contribution in [1.29, 1.82) is 10.5 Å². The van der Waals surface area contributed by atoms with Gasteiger partial charge in [0, 0.05) is 0 Å². The van der Waals surface area contributed by atoms with Crippen LogP contribution in [-0.2, 0) is 0 Å². The Morgan fingerprint density at radius 3 is 1.29 bits per heavy atom. The molecule has 2 atom stereocenters. The van der Waals surface area contributed by atoms with E-state index in [0.717, 1.165) is 0 Å². The summed E-state index contributed by atoms with van der Waals surface area (Å²) >= 11 is 0. The molecule has 2 rings (SSSR count). The number of benzene rings is 2. The maximum Gasteiger partial charge on any atom is 0.128 e. The van der Waals surface area contributed by atoms with Gasteiger partial charge in [0.05, 0.1) is 12.1 Å². The minimum absolute atomic E-state index is 0.165. The first kappa shape index (κ1) is 16.7. The van der Waals surface area contributed by atoms with Crippen molar-refractivity contribution in [3.05, 3.63) is 71.8 Å². The van der Waals surface area contributed by atoms with Gasteiger partial charge >= 0.3 is 0 Å². The molecule has 118 valence electrons. The Balaban J connectivity index is 2.48. The van der Waals surface area contributed by atoms with Crippen LogP contribution in [-0.4, -0.2) is 21.8 Å². The second-order valence-corrected chi connectivity index (χ2v) is 4.92. The quantitative estimate of drug-likeness (QED) is 0.500. The summed E-state index contributed by atoms with van der Waals surface area (Å²) in [5.74, 6) is -1.94. The molecule has 2 aromatic carbocycles. The average Bonchev–Trinajstić information content (AvgIpc) is 2.66. The summed E-state index contributed by atoms with van der Waals surface area (Å²) in [6.45, 7) is 0. The molecule has 0 aliphatic carbocycles. The van der Waals surface area contributed by atoms with E-state index in [0.29, 0.717) is 11.1 Å². The lowest BCUT2D eigenvalue weighted by Gasteiger charge is -2.16. The molecule has 6 nitrogen and oxygen atoms in total. The molecular formula is C18H14N4O2. The minimum Gasteiger partial charge on any atom is -0.411 e. The van der Waals surface area contributed by atoms with Gasteiger partial charge in [0.25, 0.3) is 0 Å². The van der Waals surface area contributed by atoms with E-state index in [-0.39, 0.29) is 11.4 Å². The van der Waals surface area contributed by atoms with E-state index in [1.165, 1.54) is 0 Å². The first-order chi connectivity index (χ1) is 11.8. The average molecular weight is 318 g/mol. The Morgan fingerprint density at radius 2 is 1.04 bits per heavy atom. The molecule has 0 radical (unpaired) electrons. The molecule has 6 heteroatoms. The highest BCUT2D eigenvalue weighted by molar-refractivity contribution is 6.46. The van der Waals surface area contributed by atoms with Gasteiger partial charge in [0.1, 0.15) is 23.3 Å². The van der Waals surface area contributed by atoms with Crippen LogP contribution in [0.4, 0.5) is 0 Å². The van der Waals surface area contributed by atoms with E-state index in [9.17, 15) is 20.9 Å². The van der Waals surface area contributed by atoms with Crippen molar-refractivity contribution >= 4 is 11.4 Å². The summed E-state index contributed by atoms with van der Waals surface area (Å²) in [6.07, 6.45) is 0. The number of oxime groups is 2. The molecule has 2 aromatic rings. The normalized spacial score (nSPS) is 14.2. The molecule has 0 heterocycles. The fourth-order valence-corrected chi connectivity index (χ4v) is 2.39. The lowest BCUT2D eigenvalue weighted by Crippen LogP contribution is -2.27. The first-order valence-corrected chi connectivity index (χ1v) is 7.10. The maximum atomic E-state index is 9.49. The smallest absolute Gasteiger partial charge is 0.128 e. The lowest BCUT2D eigenvalue weighted by atomic mass is 9.85. The Bertz CT molecular complexity index is 746. The third kappa shape index (κ3) is 3.40. The maximum absolute atomic E-state index is 9.49. The van der Waals surface area contributed by atoms with E-state index in [1.54, 1.807) is 60.7 Å². The van der Waals surface area contributed by atoms with Crippen LogP contribution < -0.4 is 0 Å². The molecular weight excluding hydrogens is 304 g/mol. The van der Waals surface area contributed by atoms with Crippen molar-refractivity contribution in [2.45, 2.75) is 11.8 Å². The highest BCUT2D eigenvalue weighted by Gasteiger charge is 2.31. The summed E-state index contributed by atoms with van der Waals surface area (Å²) in [5.41, 5.74) is 0.806. The van der Waals surface area contributed by atoms with E-state index in [2.05, 4.69) is 10.3 Å². The van der Waals surface area contributed by atoms with Crippen LogP contribution in [0.25, 0.3) is 0 Å². The van der Waals surface area contributed by atoms with Crippen molar-refractivity contribution in [2.75, 3.05) is 0 Å². The third-order valence-electron chi connectivity index (χ3n) is 3.55. The molecule has 24 heavy (non-hydrogen) atoms. The highest BCUT2D eigenvalue weighted by atomic mass is 16.4. The lowest BCUT2D eigenvalue weighted by molar-refractivity contribution is 0.312. The van der Waals surface area contributed by atoms with Gasteiger partial charge in [0.15, 0.2) is 0 Å². The third-order valence-corrected chi connectivity index (χ3v) is 3.55. The molecule has 0 fully saturated rings. The highest BCUT2D eigenvalue weighted by Crippen LogP contribution is 2.24. The largest absolute Gasteiger partial charge is 0.411 e. The van der Waals surface area contributed by atoms with E-state index in [4.69, 9.17) is 0 Å². The fraction of sp³-hybridized carbons (Fsp3) is 0.111. The summed E-state index contributed by atoms with van der Waals surface area (Å²) in [5, 5.41) is 44.1. The monoisotopic (exact) mass is 318 g/mol. The molecule has 0 saturated carbocycles. The molecule has 2 N–H and O–H groups in total. The Kier molecular flexibility index (Phi) is 5.65. The van der Waals surface area contributed by atoms with Crippen LogP contribution >= 0.6 is 0 Å². The fourth-order valence-electron chi connectivity index (χ4n) is 2.39. The zero-order valence-corrected chi connectivity index (χ0v) is 12.6. The summed E-state index contributed by atoms with van der Waals surface area (Å²) in [4.78, 5) is 0. The van der Waals surface area contributed by atoms with Crippen LogP contribution in [0.5, 0.6) is 0 Å². The van der Waals surface area contributed by atoms with Crippen LogP contribution in [0, 0.1) is 22.7 Å². The van der Waals surface area contributed by atoms with Gasteiger partial charge in [-0.25, -0.2) is 0 Å². The molecule has 0 saturated heterocycles. The number of rotatable bonds is 5. The molecule has 0 aromatic heterocycles. The van der Waals surface area contributed by atoms with Gasteiger partial charge in [-0.1, -0.05) is 71.0 Å². The Labute approximate surface area is 139 Å². The van der Waals surface area contributed by atoms with Crippen LogP contribution in [0.2, 0.25) is 0 Å². The van der Waals surface area contributed by atoms with Gasteiger partial charge in [-0.2, -0.15) is 10.5 Å². The zero-order valence-electron chi connectivity index (χ0n) is 12.6. The Morgan fingerprint density at radius 1 is 0.708 bits per heavy atom.